The van der Waals surface area contributed by atoms with E-state index < -0.39 is 0 Å². The third-order valence-corrected chi connectivity index (χ3v) is 4.07. The van der Waals surface area contributed by atoms with E-state index in [1.807, 2.05) is 31.5 Å². The Morgan fingerprint density at radius 2 is 2.00 bits per heavy atom. The van der Waals surface area contributed by atoms with E-state index in [-0.39, 0.29) is 5.82 Å². The van der Waals surface area contributed by atoms with Gasteiger partial charge in [-0.2, -0.15) is 5.10 Å². The van der Waals surface area contributed by atoms with E-state index in [2.05, 4.69) is 21.0 Å². The number of hydrogen-bond acceptors (Lipinski definition) is 1. The lowest BCUT2D eigenvalue weighted by molar-refractivity contribution is 0.620. The Bertz CT molecular complexity index is 561. The molecule has 0 aliphatic heterocycles. The number of aromatic nitrogens is 2. The summed E-state index contributed by atoms with van der Waals surface area (Å²) in [7, 11) is 0. The molecule has 2 rings (SSSR count). The zero-order valence-electron chi connectivity index (χ0n) is 10.1. The Morgan fingerprint density at radius 3 is 2.53 bits per heavy atom. The van der Waals surface area contributed by atoms with Crippen LogP contribution in [0.25, 0.3) is 0 Å². The Hall–Kier alpha value is -1.16. The SMILES string of the molecule is Cc1cc(F)ccc1Cn1nc(C)c(Br)c1C. The fourth-order valence-corrected chi connectivity index (χ4v) is 2.11. The number of aryl methyl sites for hydroxylation is 2. The smallest absolute Gasteiger partial charge is 0.123 e. The number of benzene rings is 1. The molecule has 90 valence electrons. The molecule has 0 spiro atoms. The molecule has 0 radical (unpaired) electrons. The maximum atomic E-state index is 13.0. The highest BCUT2D eigenvalue weighted by Gasteiger charge is 2.10. The summed E-state index contributed by atoms with van der Waals surface area (Å²) in [5.74, 6) is -0.194. The fourth-order valence-electron chi connectivity index (χ4n) is 1.83. The predicted octanol–water partition coefficient (Wildman–Crippen LogP) is 3.76. The van der Waals surface area contributed by atoms with Crippen LogP contribution >= 0.6 is 15.9 Å². The average Bonchev–Trinajstić information content (AvgIpc) is 2.50. The third-order valence-electron chi connectivity index (χ3n) is 2.92. The van der Waals surface area contributed by atoms with Gasteiger partial charge in [0.1, 0.15) is 5.82 Å². The van der Waals surface area contributed by atoms with Crippen LogP contribution in [-0.2, 0) is 6.54 Å². The summed E-state index contributed by atoms with van der Waals surface area (Å²) in [6.45, 7) is 6.57. The molecule has 0 atom stereocenters. The fraction of sp³-hybridized carbons (Fsp3) is 0.308. The maximum Gasteiger partial charge on any atom is 0.123 e. The van der Waals surface area contributed by atoms with Crippen LogP contribution in [0.2, 0.25) is 0 Å². The average molecular weight is 297 g/mol. The lowest BCUT2D eigenvalue weighted by atomic mass is 10.1. The number of hydrogen-bond donors (Lipinski definition) is 0. The van der Waals surface area contributed by atoms with Gasteiger partial charge in [-0.05, 0) is 60.0 Å². The first-order valence-corrected chi connectivity index (χ1v) is 6.23. The molecular formula is C13H14BrFN2. The van der Waals surface area contributed by atoms with Crippen molar-refractivity contribution in [2.24, 2.45) is 0 Å². The highest BCUT2D eigenvalue weighted by atomic mass is 79.9. The van der Waals surface area contributed by atoms with E-state index in [0.717, 1.165) is 27.0 Å². The van der Waals surface area contributed by atoms with Crippen molar-refractivity contribution in [3.63, 3.8) is 0 Å². The van der Waals surface area contributed by atoms with E-state index in [1.165, 1.54) is 6.07 Å². The Kier molecular flexibility index (Phi) is 3.33. The molecule has 2 nitrogen and oxygen atoms in total. The van der Waals surface area contributed by atoms with Crippen LogP contribution in [0, 0.1) is 26.6 Å². The first kappa shape index (κ1) is 12.3. The molecule has 0 saturated carbocycles. The van der Waals surface area contributed by atoms with Crippen molar-refractivity contribution >= 4 is 15.9 Å². The molecule has 0 N–H and O–H groups in total. The molecule has 0 bridgehead atoms. The largest absolute Gasteiger partial charge is 0.264 e. The minimum atomic E-state index is -0.194. The van der Waals surface area contributed by atoms with E-state index >= 15 is 0 Å². The summed E-state index contributed by atoms with van der Waals surface area (Å²) in [6.07, 6.45) is 0. The molecule has 1 heterocycles. The third kappa shape index (κ3) is 2.41. The second kappa shape index (κ2) is 4.61. The Morgan fingerprint density at radius 1 is 1.29 bits per heavy atom. The van der Waals surface area contributed by atoms with Crippen molar-refractivity contribution in [2.75, 3.05) is 0 Å². The van der Waals surface area contributed by atoms with Gasteiger partial charge in [0, 0.05) is 0 Å². The predicted molar refractivity (Wildman–Crippen MR) is 69.6 cm³/mol. The van der Waals surface area contributed by atoms with Gasteiger partial charge in [0.2, 0.25) is 0 Å². The zero-order valence-corrected chi connectivity index (χ0v) is 11.7. The summed E-state index contributed by atoms with van der Waals surface area (Å²) in [4.78, 5) is 0. The summed E-state index contributed by atoms with van der Waals surface area (Å²) in [5.41, 5.74) is 4.10. The monoisotopic (exact) mass is 296 g/mol. The first-order chi connectivity index (χ1) is 7.99. The summed E-state index contributed by atoms with van der Waals surface area (Å²) in [6, 6.07) is 4.86. The van der Waals surface area contributed by atoms with Crippen molar-refractivity contribution in [3.05, 3.63) is 51.0 Å². The molecule has 0 aliphatic carbocycles. The van der Waals surface area contributed by atoms with Crippen LogP contribution in [0.1, 0.15) is 22.5 Å². The van der Waals surface area contributed by atoms with Crippen LogP contribution < -0.4 is 0 Å². The maximum absolute atomic E-state index is 13.0. The van der Waals surface area contributed by atoms with Crippen molar-refractivity contribution in [1.29, 1.82) is 0 Å². The van der Waals surface area contributed by atoms with Gasteiger partial charge in [0.05, 0.1) is 22.4 Å². The molecule has 2 aromatic rings. The van der Waals surface area contributed by atoms with E-state index in [0.29, 0.717) is 6.54 Å². The summed E-state index contributed by atoms with van der Waals surface area (Å²) in [5, 5.41) is 4.44. The van der Waals surface area contributed by atoms with Crippen LogP contribution in [-0.4, -0.2) is 9.78 Å². The first-order valence-electron chi connectivity index (χ1n) is 5.43. The van der Waals surface area contributed by atoms with Crippen LogP contribution in [0.5, 0.6) is 0 Å². The van der Waals surface area contributed by atoms with Crippen molar-refractivity contribution < 1.29 is 4.39 Å². The minimum absolute atomic E-state index is 0.194. The topological polar surface area (TPSA) is 17.8 Å². The van der Waals surface area contributed by atoms with E-state index in [4.69, 9.17) is 0 Å². The quantitative estimate of drug-likeness (QED) is 0.825. The standard InChI is InChI=1S/C13H14BrFN2/c1-8-6-12(15)5-4-11(8)7-17-10(3)13(14)9(2)16-17/h4-6H,7H2,1-3H3. The molecule has 0 fully saturated rings. The van der Waals surface area contributed by atoms with Gasteiger partial charge in [-0.3, -0.25) is 4.68 Å². The van der Waals surface area contributed by atoms with Crippen LogP contribution in [0.3, 0.4) is 0 Å². The molecule has 0 unspecified atom stereocenters. The van der Waals surface area contributed by atoms with E-state index in [1.54, 1.807) is 6.07 Å². The second-order valence-electron chi connectivity index (χ2n) is 4.21. The number of nitrogens with zero attached hydrogens (tertiary/aromatic N) is 2. The van der Waals surface area contributed by atoms with Crippen LogP contribution in [0.4, 0.5) is 4.39 Å². The lowest BCUT2D eigenvalue weighted by Gasteiger charge is -2.08. The minimum Gasteiger partial charge on any atom is -0.264 e. The highest BCUT2D eigenvalue weighted by molar-refractivity contribution is 9.10. The van der Waals surface area contributed by atoms with Gasteiger partial charge in [-0.1, -0.05) is 6.07 Å². The molecule has 1 aromatic heterocycles. The molecule has 0 amide bonds. The normalized spacial score (nSPS) is 10.9. The Labute approximate surface area is 109 Å². The second-order valence-corrected chi connectivity index (χ2v) is 5.01. The van der Waals surface area contributed by atoms with Crippen molar-refractivity contribution in [1.82, 2.24) is 9.78 Å². The zero-order chi connectivity index (χ0) is 12.6. The highest BCUT2D eigenvalue weighted by Crippen LogP contribution is 2.21. The molecule has 4 heteroatoms. The van der Waals surface area contributed by atoms with Crippen molar-refractivity contribution in [3.8, 4) is 0 Å². The van der Waals surface area contributed by atoms with E-state index in [9.17, 15) is 4.39 Å². The molecule has 1 aromatic carbocycles. The summed E-state index contributed by atoms with van der Waals surface area (Å²) >= 11 is 3.50. The Balaban J connectivity index is 2.34. The molecular weight excluding hydrogens is 283 g/mol. The van der Waals surface area contributed by atoms with Gasteiger partial charge < -0.3 is 0 Å². The molecule has 0 saturated heterocycles. The van der Waals surface area contributed by atoms with Gasteiger partial charge >= 0.3 is 0 Å². The van der Waals surface area contributed by atoms with Gasteiger partial charge in [0.15, 0.2) is 0 Å². The van der Waals surface area contributed by atoms with Gasteiger partial charge in [0.25, 0.3) is 0 Å². The number of halogens is 2. The van der Waals surface area contributed by atoms with Crippen molar-refractivity contribution in [2.45, 2.75) is 27.3 Å². The van der Waals surface area contributed by atoms with Gasteiger partial charge in [-0.25, -0.2) is 4.39 Å². The number of rotatable bonds is 2. The van der Waals surface area contributed by atoms with Crippen LogP contribution in [0.15, 0.2) is 22.7 Å². The lowest BCUT2D eigenvalue weighted by Crippen LogP contribution is -2.05. The molecule has 0 aliphatic rings. The van der Waals surface area contributed by atoms with Gasteiger partial charge in [-0.15, -0.1) is 0 Å². The summed E-state index contributed by atoms with van der Waals surface area (Å²) < 4.78 is 16.0. The molecule has 17 heavy (non-hydrogen) atoms.